The van der Waals surface area contributed by atoms with Gasteiger partial charge in [0.25, 0.3) is 0 Å². The number of fused-ring (bicyclic) bond motifs is 1. The molecule has 0 aromatic carbocycles. The molecule has 0 aliphatic carbocycles. The molecule has 4 aliphatic heterocycles. The van der Waals surface area contributed by atoms with E-state index >= 15 is 0 Å². The molecule has 4 aliphatic rings. The highest BCUT2D eigenvalue weighted by Crippen LogP contribution is 2.34. The molecule has 0 aromatic heterocycles. The largest absolute Gasteiger partial charge is 0.324 e. The highest BCUT2D eigenvalue weighted by molar-refractivity contribution is 5.84. The first-order chi connectivity index (χ1) is 12.6. The molecule has 0 N–H and O–H groups in total. The van der Waals surface area contributed by atoms with Crippen LogP contribution in [0.4, 0.5) is 9.59 Å². The molecule has 8 heteroatoms. The summed E-state index contributed by atoms with van der Waals surface area (Å²) in [5.74, 6) is 0. The predicted molar refractivity (Wildman–Crippen MR) is 98.2 cm³/mol. The highest BCUT2D eigenvalue weighted by atomic mass is 16.2. The molecule has 4 fully saturated rings. The lowest BCUT2D eigenvalue weighted by atomic mass is 10.1. The van der Waals surface area contributed by atoms with Crippen LogP contribution in [0.5, 0.6) is 0 Å². The molecule has 4 amide bonds. The second kappa shape index (κ2) is 7.23. The number of nitrogens with zero attached hydrogens (tertiary/aromatic N) is 6. The minimum Gasteiger partial charge on any atom is -0.303 e. The molecule has 4 rings (SSSR count). The lowest BCUT2D eigenvalue weighted by Gasteiger charge is -2.34. The normalized spacial score (nSPS) is 31.3. The number of likely N-dealkylation sites (N-methyl/N-ethyl adjacent to an activating group) is 2. The Morgan fingerprint density at radius 2 is 1.00 bits per heavy atom. The van der Waals surface area contributed by atoms with E-state index in [9.17, 15) is 9.59 Å². The van der Waals surface area contributed by atoms with Gasteiger partial charge in [-0.15, -0.1) is 0 Å². The van der Waals surface area contributed by atoms with Crippen molar-refractivity contribution >= 4 is 12.1 Å². The van der Waals surface area contributed by atoms with Gasteiger partial charge in [0.2, 0.25) is 0 Å². The van der Waals surface area contributed by atoms with Gasteiger partial charge in [-0.2, -0.15) is 0 Å². The molecule has 4 heterocycles. The molecule has 0 radical (unpaired) electrons. The van der Waals surface area contributed by atoms with E-state index in [1.54, 1.807) is 9.80 Å². The Balaban J connectivity index is 1.50. The van der Waals surface area contributed by atoms with Crippen LogP contribution < -0.4 is 0 Å². The maximum Gasteiger partial charge on any atom is 0.324 e. The van der Waals surface area contributed by atoms with Gasteiger partial charge in [-0.3, -0.25) is 19.6 Å². The van der Waals surface area contributed by atoms with Crippen molar-refractivity contribution < 1.29 is 9.59 Å². The molecule has 2 atom stereocenters. The second-order valence-electron chi connectivity index (χ2n) is 8.19. The Morgan fingerprint density at radius 3 is 1.35 bits per heavy atom. The number of urea groups is 2. The topological polar surface area (TPSA) is 53.6 Å². The van der Waals surface area contributed by atoms with E-state index in [0.717, 1.165) is 26.2 Å². The lowest BCUT2D eigenvalue weighted by molar-refractivity contribution is 0.0675. The van der Waals surface area contributed by atoms with Crippen LogP contribution >= 0.6 is 0 Å². The van der Waals surface area contributed by atoms with Crippen LogP contribution in [0.25, 0.3) is 0 Å². The van der Waals surface area contributed by atoms with Crippen molar-refractivity contribution in [3.63, 3.8) is 0 Å². The molecule has 0 saturated carbocycles. The van der Waals surface area contributed by atoms with Crippen LogP contribution in [0.15, 0.2) is 0 Å². The van der Waals surface area contributed by atoms with Gasteiger partial charge in [0, 0.05) is 14.1 Å². The molecular formula is C18H32N6O2. The highest BCUT2D eigenvalue weighted by Gasteiger charge is 2.57. The zero-order valence-corrected chi connectivity index (χ0v) is 16.1. The van der Waals surface area contributed by atoms with E-state index in [1.165, 1.54) is 38.5 Å². The summed E-state index contributed by atoms with van der Waals surface area (Å²) < 4.78 is 0. The van der Waals surface area contributed by atoms with Crippen molar-refractivity contribution in [2.45, 2.75) is 50.9 Å². The standard InChI is InChI=1S/C18H32N6O2/c1-19-15-16(24(17(19)25)14-22-11-7-4-8-12-22)20(2)18(26)23(15)13-21-9-5-3-6-10-21/h15-16H,3-14H2,1-2H3/t15-,16-/m0/s1. The second-order valence-corrected chi connectivity index (χ2v) is 8.19. The van der Waals surface area contributed by atoms with Gasteiger partial charge in [0.05, 0.1) is 13.3 Å². The van der Waals surface area contributed by atoms with Crippen molar-refractivity contribution in [1.29, 1.82) is 0 Å². The van der Waals surface area contributed by atoms with E-state index in [-0.39, 0.29) is 24.4 Å². The first-order valence-electron chi connectivity index (χ1n) is 10.1. The van der Waals surface area contributed by atoms with E-state index in [0.29, 0.717) is 13.3 Å². The van der Waals surface area contributed by atoms with Crippen LogP contribution in [0.3, 0.4) is 0 Å². The Morgan fingerprint density at radius 1 is 0.654 bits per heavy atom. The zero-order valence-electron chi connectivity index (χ0n) is 16.1. The first kappa shape index (κ1) is 17.9. The lowest BCUT2D eigenvalue weighted by Crippen LogP contribution is -2.50. The minimum atomic E-state index is -0.188. The zero-order chi connectivity index (χ0) is 18.3. The van der Waals surface area contributed by atoms with Crippen LogP contribution in [-0.4, -0.2) is 107 Å². The first-order valence-corrected chi connectivity index (χ1v) is 10.1. The van der Waals surface area contributed by atoms with Gasteiger partial charge in [-0.1, -0.05) is 12.8 Å². The van der Waals surface area contributed by atoms with E-state index in [4.69, 9.17) is 0 Å². The van der Waals surface area contributed by atoms with E-state index < -0.39 is 0 Å². The third-order valence-electron chi connectivity index (χ3n) is 6.40. The van der Waals surface area contributed by atoms with Crippen LogP contribution in [0.1, 0.15) is 38.5 Å². The summed E-state index contributed by atoms with van der Waals surface area (Å²) >= 11 is 0. The predicted octanol–water partition coefficient (Wildman–Crippen LogP) is 1.26. The molecular weight excluding hydrogens is 332 g/mol. The summed E-state index contributed by atoms with van der Waals surface area (Å²) in [6, 6.07) is 0.0714. The Kier molecular flexibility index (Phi) is 4.96. The number of likely N-dealkylation sites (tertiary alicyclic amines) is 2. The van der Waals surface area contributed by atoms with Gasteiger partial charge in [-0.05, 0) is 51.9 Å². The molecule has 4 saturated heterocycles. The number of hydrogen-bond donors (Lipinski definition) is 0. The van der Waals surface area contributed by atoms with Crippen molar-refractivity contribution in [2.75, 3.05) is 53.6 Å². The monoisotopic (exact) mass is 364 g/mol. The van der Waals surface area contributed by atoms with Crippen molar-refractivity contribution in [3.05, 3.63) is 0 Å². The summed E-state index contributed by atoms with van der Waals surface area (Å²) in [6.45, 7) is 5.42. The van der Waals surface area contributed by atoms with Crippen molar-refractivity contribution in [2.24, 2.45) is 0 Å². The van der Waals surface area contributed by atoms with Crippen LogP contribution in [-0.2, 0) is 0 Å². The van der Waals surface area contributed by atoms with Gasteiger partial charge in [-0.25, -0.2) is 9.59 Å². The molecule has 26 heavy (non-hydrogen) atoms. The summed E-state index contributed by atoms with van der Waals surface area (Å²) in [6.07, 6.45) is 6.96. The number of carbonyl (C=O) groups excluding carboxylic acids is 2. The smallest absolute Gasteiger partial charge is 0.303 e. The van der Waals surface area contributed by atoms with Crippen LogP contribution in [0, 0.1) is 0 Å². The Bertz CT molecular complexity index is 498. The fourth-order valence-corrected chi connectivity index (χ4v) is 4.92. The summed E-state index contributed by atoms with van der Waals surface area (Å²) in [4.78, 5) is 37.9. The van der Waals surface area contributed by atoms with Gasteiger partial charge in [0.1, 0.15) is 0 Å². The molecule has 0 unspecified atom stereocenters. The average molecular weight is 364 g/mol. The van der Waals surface area contributed by atoms with Gasteiger partial charge in [0.15, 0.2) is 12.3 Å². The molecule has 0 spiro atoms. The number of rotatable bonds is 4. The quantitative estimate of drug-likeness (QED) is 0.754. The Labute approximate surface area is 156 Å². The number of amides is 4. The third kappa shape index (κ3) is 3.03. The summed E-state index contributed by atoms with van der Waals surface area (Å²) in [5.41, 5.74) is 0. The van der Waals surface area contributed by atoms with E-state index in [1.807, 2.05) is 23.9 Å². The maximum atomic E-state index is 12.9. The van der Waals surface area contributed by atoms with Crippen molar-refractivity contribution in [1.82, 2.24) is 29.4 Å². The number of carbonyl (C=O) groups is 2. The van der Waals surface area contributed by atoms with E-state index in [2.05, 4.69) is 9.80 Å². The maximum absolute atomic E-state index is 12.9. The third-order valence-corrected chi connectivity index (χ3v) is 6.40. The molecule has 0 aromatic rings. The average Bonchev–Trinajstić information content (AvgIpc) is 3.05. The summed E-state index contributed by atoms with van der Waals surface area (Å²) in [5, 5.41) is 0. The fraction of sp³-hybridized carbons (Fsp3) is 0.889. The minimum absolute atomic E-state index is 0.0357. The van der Waals surface area contributed by atoms with Gasteiger partial charge < -0.3 is 9.80 Å². The number of piperidine rings is 2. The molecule has 8 nitrogen and oxygen atoms in total. The van der Waals surface area contributed by atoms with Gasteiger partial charge >= 0.3 is 12.1 Å². The van der Waals surface area contributed by atoms with Crippen LogP contribution in [0.2, 0.25) is 0 Å². The molecule has 146 valence electrons. The number of hydrogen-bond acceptors (Lipinski definition) is 4. The SMILES string of the molecule is CN1C(=O)N(CN2CCCCC2)[C@H]2[C@@H]1N(CN1CCCCC1)C(=O)N2C. The molecule has 0 bridgehead atoms. The summed E-state index contributed by atoms with van der Waals surface area (Å²) in [7, 11) is 3.68. The Hall–Kier alpha value is -1.54. The van der Waals surface area contributed by atoms with Crippen molar-refractivity contribution in [3.8, 4) is 0 Å². The fourth-order valence-electron chi connectivity index (χ4n) is 4.92.